The lowest BCUT2D eigenvalue weighted by molar-refractivity contribution is 0.0572. The Kier molecular flexibility index (Phi) is 4.04. The zero-order chi connectivity index (χ0) is 12.5. The molecule has 2 aliphatic heterocycles. The van der Waals surface area contributed by atoms with Crippen molar-refractivity contribution in [3.05, 3.63) is 0 Å². The lowest BCUT2D eigenvalue weighted by Gasteiger charge is -2.24. The van der Waals surface area contributed by atoms with Crippen LogP contribution in [0.3, 0.4) is 0 Å². The summed E-state index contributed by atoms with van der Waals surface area (Å²) in [6.07, 6.45) is -0.147. The van der Waals surface area contributed by atoms with E-state index in [1.165, 1.54) is 4.31 Å². The first-order valence-electron chi connectivity index (χ1n) is 6.04. The lowest BCUT2D eigenvalue weighted by Crippen LogP contribution is -2.37. The summed E-state index contributed by atoms with van der Waals surface area (Å²) in [7, 11) is -3.34. The van der Waals surface area contributed by atoms with E-state index in [2.05, 4.69) is 5.32 Å². The number of hydrogen-bond acceptors (Lipinski definition) is 5. The monoisotopic (exact) mass is 264 g/mol. The molecule has 0 aromatic rings. The molecule has 2 fully saturated rings. The van der Waals surface area contributed by atoms with Crippen LogP contribution < -0.4 is 5.32 Å². The van der Waals surface area contributed by atoms with Gasteiger partial charge in [0.2, 0.25) is 10.0 Å². The highest BCUT2D eigenvalue weighted by atomic mass is 32.2. The van der Waals surface area contributed by atoms with Crippen LogP contribution >= 0.6 is 0 Å². The summed E-state index contributed by atoms with van der Waals surface area (Å²) in [5.41, 5.74) is 0. The van der Waals surface area contributed by atoms with Crippen LogP contribution in [-0.2, 0) is 10.0 Å². The molecular formula is C10H20N2O4S. The van der Waals surface area contributed by atoms with Crippen molar-refractivity contribution >= 4 is 10.0 Å². The Labute approximate surface area is 102 Å². The molecule has 2 saturated heterocycles. The fourth-order valence-electron chi connectivity index (χ4n) is 2.41. The van der Waals surface area contributed by atoms with Gasteiger partial charge in [-0.25, -0.2) is 8.42 Å². The van der Waals surface area contributed by atoms with Crippen molar-refractivity contribution in [2.75, 3.05) is 31.9 Å². The summed E-state index contributed by atoms with van der Waals surface area (Å²) in [4.78, 5) is 0. The van der Waals surface area contributed by atoms with E-state index in [1.807, 2.05) is 0 Å². The molecule has 100 valence electrons. The van der Waals surface area contributed by atoms with Crippen LogP contribution in [0.1, 0.15) is 12.8 Å². The molecule has 2 atom stereocenters. The van der Waals surface area contributed by atoms with Crippen molar-refractivity contribution in [3.63, 3.8) is 0 Å². The second-order valence-corrected chi connectivity index (χ2v) is 6.94. The number of rotatable bonds is 3. The number of β-amino-alcohol motifs (C(OH)–C–C–N with tert-alkyl or cyclic N) is 2. The zero-order valence-electron chi connectivity index (χ0n) is 9.75. The van der Waals surface area contributed by atoms with Gasteiger partial charge in [-0.1, -0.05) is 0 Å². The third kappa shape index (κ3) is 3.17. The quantitative estimate of drug-likeness (QED) is 0.568. The zero-order valence-corrected chi connectivity index (χ0v) is 10.6. The minimum atomic E-state index is -3.34. The molecule has 0 bridgehead atoms. The second kappa shape index (κ2) is 5.19. The maximum absolute atomic E-state index is 12.1. The molecule has 0 spiro atoms. The van der Waals surface area contributed by atoms with Crippen LogP contribution in [-0.4, -0.2) is 67.1 Å². The third-order valence-electron chi connectivity index (χ3n) is 3.52. The minimum Gasteiger partial charge on any atom is -0.389 e. The Morgan fingerprint density at radius 1 is 1.12 bits per heavy atom. The predicted octanol–water partition coefficient (Wildman–Crippen LogP) is -1.65. The van der Waals surface area contributed by atoms with Crippen molar-refractivity contribution in [1.29, 1.82) is 0 Å². The molecule has 3 N–H and O–H groups in total. The molecule has 2 heterocycles. The maximum Gasteiger partial charge on any atom is 0.214 e. The van der Waals surface area contributed by atoms with Crippen LogP contribution in [0.15, 0.2) is 0 Å². The molecule has 0 aliphatic carbocycles. The van der Waals surface area contributed by atoms with Gasteiger partial charge in [0.15, 0.2) is 0 Å². The number of sulfonamides is 1. The highest BCUT2D eigenvalue weighted by molar-refractivity contribution is 7.89. The van der Waals surface area contributed by atoms with Crippen LogP contribution in [0.5, 0.6) is 0 Å². The van der Waals surface area contributed by atoms with Gasteiger partial charge in [-0.15, -0.1) is 0 Å². The van der Waals surface area contributed by atoms with Gasteiger partial charge < -0.3 is 15.5 Å². The fraction of sp³-hybridized carbons (Fsp3) is 1.00. The summed E-state index contributed by atoms with van der Waals surface area (Å²) >= 11 is 0. The molecule has 2 unspecified atom stereocenters. The average molecular weight is 264 g/mol. The minimum absolute atomic E-state index is 0.0223. The van der Waals surface area contributed by atoms with Gasteiger partial charge in [0.1, 0.15) is 0 Å². The average Bonchev–Trinajstić information content (AvgIpc) is 2.61. The first-order valence-corrected chi connectivity index (χ1v) is 7.64. The summed E-state index contributed by atoms with van der Waals surface area (Å²) < 4.78 is 25.4. The van der Waals surface area contributed by atoms with Crippen molar-refractivity contribution in [3.8, 4) is 0 Å². The smallest absolute Gasteiger partial charge is 0.214 e. The lowest BCUT2D eigenvalue weighted by atomic mass is 10.0. The van der Waals surface area contributed by atoms with Crippen LogP contribution in [0, 0.1) is 5.92 Å². The van der Waals surface area contributed by atoms with E-state index in [0.717, 1.165) is 25.9 Å². The molecule has 6 nitrogen and oxygen atoms in total. The molecular weight excluding hydrogens is 244 g/mol. The van der Waals surface area contributed by atoms with E-state index < -0.39 is 22.2 Å². The number of piperidine rings is 1. The van der Waals surface area contributed by atoms with Crippen molar-refractivity contribution in [2.45, 2.75) is 25.0 Å². The Morgan fingerprint density at radius 3 is 2.18 bits per heavy atom. The standard InChI is InChI=1S/C10H20N2O4S/c13-9-5-12(6-10(9)14)17(15,16)7-8-1-3-11-4-2-8/h8-11,13-14H,1-7H2. The Balaban J connectivity index is 1.94. The normalized spacial score (nSPS) is 33.1. The number of aliphatic hydroxyl groups is 2. The molecule has 0 aromatic carbocycles. The van der Waals surface area contributed by atoms with E-state index in [1.54, 1.807) is 0 Å². The topological polar surface area (TPSA) is 89.9 Å². The summed E-state index contributed by atoms with van der Waals surface area (Å²) in [5.74, 6) is 0.324. The Morgan fingerprint density at radius 2 is 1.65 bits per heavy atom. The first kappa shape index (κ1) is 13.2. The maximum atomic E-state index is 12.1. The SMILES string of the molecule is O=S(=O)(CC1CCNCC1)N1CC(O)C(O)C1. The molecule has 0 radical (unpaired) electrons. The number of nitrogens with zero attached hydrogens (tertiary/aromatic N) is 1. The van der Waals surface area contributed by atoms with Crippen molar-refractivity contribution < 1.29 is 18.6 Å². The molecule has 0 saturated carbocycles. The van der Waals surface area contributed by atoms with Gasteiger partial charge in [-0.2, -0.15) is 4.31 Å². The van der Waals surface area contributed by atoms with Gasteiger partial charge in [0, 0.05) is 13.1 Å². The van der Waals surface area contributed by atoms with Crippen molar-refractivity contribution in [1.82, 2.24) is 9.62 Å². The molecule has 0 amide bonds. The summed E-state index contributed by atoms with van der Waals surface area (Å²) in [6.45, 7) is 1.78. The second-order valence-electron chi connectivity index (χ2n) is 4.92. The molecule has 2 rings (SSSR count). The summed E-state index contributed by atoms with van der Waals surface area (Å²) in [6, 6.07) is 0. The molecule has 17 heavy (non-hydrogen) atoms. The fourth-order valence-corrected chi connectivity index (χ4v) is 4.31. The van der Waals surface area contributed by atoms with E-state index in [4.69, 9.17) is 0 Å². The molecule has 0 aromatic heterocycles. The van der Waals surface area contributed by atoms with E-state index in [9.17, 15) is 18.6 Å². The molecule has 7 heteroatoms. The third-order valence-corrected chi connectivity index (χ3v) is 5.50. The van der Waals surface area contributed by atoms with E-state index >= 15 is 0 Å². The van der Waals surface area contributed by atoms with Gasteiger partial charge >= 0.3 is 0 Å². The summed E-state index contributed by atoms with van der Waals surface area (Å²) in [5, 5.41) is 21.9. The largest absolute Gasteiger partial charge is 0.389 e. The van der Waals surface area contributed by atoms with Crippen LogP contribution in [0.4, 0.5) is 0 Å². The predicted molar refractivity (Wildman–Crippen MR) is 63.0 cm³/mol. The van der Waals surface area contributed by atoms with Gasteiger partial charge in [-0.3, -0.25) is 0 Å². The van der Waals surface area contributed by atoms with Gasteiger partial charge in [0.25, 0.3) is 0 Å². The highest BCUT2D eigenvalue weighted by Gasteiger charge is 2.37. The Bertz CT molecular complexity index is 343. The van der Waals surface area contributed by atoms with E-state index in [-0.39, 0.29) is 24.8 Å². The van der Waals surface area contributed by atoms with Crippen molar-refractivity contribution in [2.24, 2.45) is 5.92 Å². The van der Waals surface area contributed by atoms with Gasteiger partial charge in [0.05, 0.1) is 18.0 Å². The first-order chi connectivity index (χ1) is 7.99. The number of aliphatic hydroxyl groups excluding tert-OH is 2. The highest BCUT2D eigenvalue weighted by Crippen LogP contribution is 2.20. The van der Waals surface area contributed by atoms with Gasteiger partial charge in [-0.05, 0) is 31.8 Å². The number of nitrogens with one attached hydrogen (secondary N) is 1. The van der Waals surface area contributed by atoms with Crippen LogP contribution in [0.2, 0.25) is 0 Å². The van der Waals surface area contributed by atoms with Crippen LogP contribution in [0.25, 0.3) is 0 Å². The number of hydrogen-bond donors (Lipinski definition) is 3. The molecule has 2 aliphatic rings. The van der Waals surface area contributed by atoms with E-state index in [0.29, 0.717) is 0 Å². The Hall–Kier alpha value is -0.210.